The zero-order valence-corrected chi connectivity index (χ0v) is 10.6. The summed E-state index contributed by atoms with van der Waals surface area (Å²) in [6, 6.07) is 8.13. The van der Waals surface area contributed by atoms with Gasteiger partial charge in [-0.25, -0.2) is 0 Å². The van der Waals surface area contributed by atoms with Crippen LogP contribution in [0.25, 0.3) is 10.9 Å². The van der Waals surface area contributed by atoms with Crippen molar-refractivity contribution in [3.05, 3.63) is 36.0 Å². The van der Waals surface area contributed by atoms with Gasteiger partial charge in [-0.15, -0.1) is 0 Å². The summed E-state index contributed by atoms with van der Waals surface area (Å²) >= 11 is 0. The maximum Gasteiger partial charge on any atom is 0.0949 e. The highest BCUT2D eigenvalue weighted by atomic mass is 16.3. The molecular formula is C14H20N2O2. The summed E-state index contributed by atoms with van der Waals surface area (Å²) in [6.07, 6.45) is 1.33. The predicted octanol–water partition coefficient (Wildman–Crippen LogP) is 1.10. The first-order chi connectivity index (χ1) is 8.76. The van der Waals surface area contributed by atoms with Gasteiger partial charge in [0.15, 0.2) is 0 Å². The Bertz CT molecular complexity index is 507. The van der Waals surface area contributed by atoms with Crippen LogP contribution in [0.2, 0.25) is 0 Å². The molecule has 0 amide bonds. The molecule has 0 saturated carbocycles. The van der Waals surface area contributed by atoms with Crippen molar-refractivity contribution in [3.8, 4) is 0 Å². The van der Waals surface area contributed by atoms with Crippen LogP contribution < -0.4 is 5.32 Å². The van der Waals surface area contributed by atoms with Gasteiger partial charge in [0.2, 0.25) is 0 Å². The third-order valence-electron chi connectivity index (χ3n) is 3.05. The predicted molar refractivity (Wildman–Crippen MR) is 72.4 cm³/mol. The minimum atomic E-state index is -0.715. The second-order valence-corrected chi connectivity index (χ2v) is 4.44. The summed E-state index contributed by atoms with van der Waals surface area (Å²) in [5, 5.41) is 23.0. The first-order valence-corrected chi connectivity index (χ1v) is 6.32. The molecule has 1 unspecified atom stereocenters. The van der Waals surface area contributed by atoms with Crippen LogP contribution in [0.3, 0.4) is 0 Å². The normalized spacial score (nSPS) is 13.1. The summed E-state index contributed by atoms with van der Waals surface area (Å²) in [5.74, 6) is 0. The fourth-order valence-electron chi connectivity index (χ4n) is 2.16. The summed E-state index contributed by atoms with van der Waals surface area (Å²) in [4.78, 5) is 0. The molecule has 0 bridgehead atoms. The number of benzene rings is 1. The average molecular weight is 248 g/mol. The molecule has 18 heavy (non-hydrogen) atoms. The maximum atomic E-state index is 9.57. The molecule has 0 fully saturated rings. The van der Waals surface area contributed by atoms with Crippen LogP contribution in [0.1, 0.15) is 12.5 Å². The topological polar surface area (TPSA) is 57.4 Å². The van der Waals surface area contributed by atoms with E-state index >= 15 is 0 Å². The Morgan fingerprint density at radius 3 is 2.83 bits per heavy atom. The van der Waals surface area contributed by atoms with E-state index in [4.69, 9.17) is 5.11 Å². The molecule has 2 rings (SSSR count). The molecule has 4 nitrogen and oxygen atoms in total. The molecule has 0 aliphatic rings. The van der Waals surface area contributed by atoms with Gasteiger partial charge in [0, 0.05) is 23.6 Å². The van der Waals surface area contributed by atoms with E-state index in [1.165, 1.54) is 10.9 Å². The zero-order valence-electron chi connectivity index (χ0n) is 10.6. The van der Waals surface area contributed by atoms with Crippen molar-refractivity contribution < 1.29 is 10.2 Å². The van der Waals surface area contributed by atoms with E-state index in [0.717, 1.165) is 18.6 Å². The molecule has 0 spiro atoms. The first-order valence-electron chi connectivity index (χ1n) is 6.32. The molecule has 98 valence electrons. The number of nitrogens with zero attached hydrogens (tertiary/aromatic N) is 1. The molecule has 2 aromatic rings. The van der Waals surface area contributed by atoms with Gasteiger partial charge in [-0.2, -0.15) is 0 Å². The summed E-state index contributed by atoms with van der Waals surface area (Å²) in [6.45, 7) is 4.03. The molecule has 0 aliphatic heterocycles. The molecule has 3 N–H and O–H groups in total. The lowest BCUT2D eigenvalue weighted by atomic mass is 10.2. The van der Waals surface area contributed by atoms with E-state index < -0.39 is 6.10 Å². The van der Waals surface area contributed by atoms with Crippen molar-refractivity contribution in [3.63, 3.8) is 0 Å². The molecule has 0 aliphatic carbocycles. The highest BCUT2D eigenvalue weighted by Crippen LogP contribution is 2.21. The molecule has 1 heterocycles. The maximum absolute atomic E-state index is 9.57. The summed E-state index contributed by atoms with van der Waals surface area (Å²) in [5.41, 5.74) is 2.32. The number of rotatable bonds is 6. The molecular weight excluding hydrogens is 228 g/mol. The van der Waals surface area contributed by atoms with E-state index in [1.807, 2.05) is 29.0 Å². The van der Waals surface area contributed by atoms with E-state index in [0.29, 0.717) is 6.54 Å². The number of aromatic nitrogens is 1. The van der Waals surface area contributed by atoms with E-state index in [1.54, 1.807) is 0 Å². The van der Waals surface area contributed by atoms with Crippen LogP contribution >= 0.6 is 0 Å². The van der Waals surface area contributed by atoms with Crippen molar-refractivity contribution in [2.24, 2.45) is 0 Å². The molecule has 1 atom stereocenters. The highest BCUT2D eigenvalue weighted by molar-refractivity contribution is 5.83. The van der Waals surface area contributed by atoms with Gasteiger partial charge in [-0.05, 0) is 18.2 Å². The molecule has 0 radical (unpaired) electrons. The molecule has 1 aromatic heterocycles. The number of hydrogen-bond acceptors (Lipinski definition) is 3. The number of para-hydroxylation sites is 1. The second-order valence-electron chi connectivity index (χ2n) is 4.44. The molecule has 1 aromatic carbocycles. The van der Waals surface area contributed by atoms with Crippen molar-refractivity contribution in [2.45, 2.75) is 26.1 Å². The van der Waals surface area contributed by atoms with Crippen LogP contribution in [0.4, 0.5) is 0 Å². The van der Waals surface area contributed by atoms with Crippen molar-refractivity contribution in [1.29, 1.82) is 0 Å². The van der Waals surface area contributed by atoms with Gasteiger partial charge in [-0.3, -0.25) is 0 Å². The average Bonchev–Trinajstić information content (AvgIpc) is 2.75. The Morgan fingerprint density at radius 1 is 1.33 bits per heavy atom. The number of aliphatic hydroxyl groups is 2. The van der Waals surface area contributed by atoms with E-state index in [-0.39, 0.29) is 6.61 Å². The lowest BCUT2D eigenvalue weighted by Crippen LogP contribution is -2.19. The van der Waals surface area contributed by atoms with Crippen molar-refractivity contribution >= 4 is 10.9 Å². The van der Waals surface area contributed by atoms with Crippen molar-refractivity contribution in [2.75, 3.05) is 13.2 Å². The number of fused-ring (bicyclic) bond motifs is 1. The monoisotopic (exact) mass is 248 g/mol. The van der Waals surface area contributed by atoms with Gasteiger partial charge < -0.3 is 20.1 Å². The van der Waals surface area contributed by atoms with Gasteiger partial charge in [0.05, 0.1) is 19.3 Å². The largest absolute Gasteiger partial charge is 0.394 e. The minimum absolute atomic E-state index is 0.213. The third kappa shape index (κ3) is 2.72. The Hall–Kier alpha value is -1.36. The summed E-state index contributed by atoms with van der Waals surface area (Å²) < 4.78 is 2.00. The van der Waals surface area contributed by atoms with Crippen LogP contribution in [0, 0.1) is 0 Å². The fourth-order valence-corrected chi connectivity index (χ4v) is 2.16. The van der Waals surface area contributed by atoms with Gasteiger partial charge in [-0.1, -0.05) is 25.1 Å². The lowest BCUT2D eigenvalue weighted by molar-refractivity contribution is 0.0822. The highest BCUT2D eigenvalue weighted by Gasteiger charge is 2.10. The quantitative estimate of drug-likeness (QED) is 0.717. The smallest absolute Gasteiger partial charge is 0.0949 e. The van der Waals surface area contributed by atoms with E-state index in [9.17, 15) is 5.11 Å². The van der Waals surface area contributed by atoms with Gasteiger partial charge >= 0.3 is 0 Å². The summed E-state index contributed by atoms with van der Waals surface area (Å²) in [7, 11) is 0. The van der Waals surface area contributed by atoms with Gasteiger partial charge in [0.25, 0.3) is 0 Å². The first kappa shape index (κ1) is 13.1. The third-order valence-corrected chi connectivity index (χ3v) is 3.05. The Kier molecular flexibility index (Phi) is 4.36. The van der Waals surface area contributed by atoms with Gasteiger partial charge in [0.1, 0.15) is 0 Å². The Labute approximate surface area is 107 Å². The standard InChI is InChI=1S/C14H20N2O2/c1-2-15-7-11-8-16(9-12(18)10-17)14-6-4-3-5-13(11)14/h3-6,8,12,15,17-18H,2,7,9-10H2,1H3. The van der Waals surface area contributed by atoms with Crippen LogP contribution in [0.5, 0.6) is 0 Å². The number of nitrogens with one attached hydrogen (secondary N) is 1. The Morgan fingerprint density at radius 2 is 2.11 bits per heavy atom. The zero-order chi connectivity index (χ0) is 13.0. The van der Waals surface area contributed by atoms with Crippen LogP contribution in [-0.2, 0) is 13.1 Å². The fraction of sp³-hybridized carbons (Fsp3) is 0.429. The molecule has 4 heteroatoms. The van der Waals surface area contributed by atoms with Crippen LogP contribution in [0.15, 0.2) is 30.5 Å². The Balaban J connectivity index is 2.34. The number of hydrogen-bond donors (Lipinski definition) is 3. The van der Waals surface area contributed by atoms with Crippen LogP contribution in [-0.4, -0.2) is 34.0 Å². The van der Waals surface area contributed by atoms with Crippen molar-refractivity contribution in [1.82, 2.24) is 9.88 Å². The SMILES string of the molecule is CCNCc1cn(CC(O)CO)c2ccccc12. The van der Waals surface area contributed by atoms with E-state index in [2.05, 4.69) is 18.3 Å². The minimum Gasteiger partial charge on any atom is -0.394 e. The second kappa shape index (κ2) is 6.00. The number of aliphatic hydroxyl groups excluding tert-OH is 2. The lowest BCUT2D eigenvalue weighted by Gasteiger charge is -2.09. The molecule has 0 saturated heterocycles.